The molecular formula is C16H15F2NO. The molecule has 0 amide bonds. The second-order valence-electron chi connectivity index (χ2n) is 4.89. The number of halogens is 2. The standard InChI is InChI=1S/C16H15F2NO/c17-14-3-1-12(8-15(14)18)10-19-9-11-2-4-16-13(7-11)5-6-20-16/h1-4,7-8,19H,5-6,9-10H2. The molecule has 0 saturated carbocycles. The van der Waals surface area contributed by atoms with Crippen LogP contribution in [0.3, 0.4) is 0 Å². The zero-order chi connectivity index (χ0) is 13.9. The van der Waals surface area contributed by atoms with E-state index >= 15 is 0 Å². The van der Waals surface area contributed by atoms with Crippen LogP contribution in [0.2, 0.25) is 0 Å². The van der Waals surface area contributed by atoms with E-state index < -0.39 is 11.6 Å². The minimum atomic E-state index is -0.813. The van der Waals surface area contributed by atoms with Gasteiger partial charge in [0.2, 0.25) is 0 Å². The number of fused-ring (bicyclic) bond motifs is 1. The normalized spacial score (nSPS) is 13.1. The monoisotopic (exact) mass is 275 g/mol. The second-order valence-corrected chi connectivity index (χ2v) is 4.89. The first-order valence-corrected chi connectivity index (χ1v) is 6.61. The topological polar surface area (TPSA) is 21.3 Å². The molecule has 0 bridgehead atoms. The van der Waals surface area contributed by atoms with E-state index in [1.165, 1.54) is 11.6 Å². The van der Waals surface area contributed by atoms with Crippen molar-refractivity contribution >= 4 is 0 Å². The summed E-state index contributed by atoms with van der Waals surface area (Å²) in [4.78, 5) is 0. The van der Waals surface area contributed by atoms with Gasteiger partial charge in [0.25, 0.3) is 0 Å². The predicted molar refractivity (Wildman–Crippen MR) is 72.5 cm³/mol. The van der Waals surface area contributed by atoms with Gasteiger partial charge in [0.05, 0.1) is 6.61 Å². The summed E-state index contributed by atoms with van der Waals surface area (Å²) in [6.07, 6.45) is 0.951. The lowest BCUT2D eigenvalue weighted by molar-refractivity contribution is 0.357. The maximum Gasteiger partial charge on any atom is 0.159 e. The molecule has 0 saturated heterocycles. The van der Waals surface area contributed by atoms with Gasteiger partial charge >= 0.3 is 0 Å². The minimum absolute atomic E-state index is 0.505. The zero-order valence-corrected chi connectivity index (χ0v) is 11.0. The molecule has 104 valence electrons. The maximum atomic E-state index is 13.1. The van der Waals surface area contributed by atoms with E-state index in [9.17, 15) is 8.78 Å². The number of benzene rings is 2. The van der Waals surface area contributed by atoms with Crippen LogP contribution in [-0.2, 0) is 19.5 Å². The Morgan fingerprint density at radius 3 is 2.50 bits per heavy atom. The van der Waals surface area contributed by atoms with Gasteiger partial charge in [-0.1, -0.05) is 18.2 Å². The van der Waals surface area contributed by atoms with Crippen LogP contribution in [0.15, 0.2) is 36.4 Å². The fourth-order valence-corrected chi connectivity index (χ4v) is 2.35. The molecule has 0 unspecified atom stereocenters. The van der Waals surface area contributed by atoms with Crippen molar-refractivity contribution in [1.82, 2.24) is 5.32 Å². The van der Waals surface area contributed by atoms with Gasteiger partial charge < -0.3 is 10.1 Å². The highest BCUT2D eigenvalue weighted by molar-refractivity contribution is 5.39. The average Bonchev–Trinajstić information content (AvgIpc) is 2.90. The van der Waals surface area contributed by atoms with Gasteiger partial charge in [0, 0.05) is 19.5 Å². The van der Waals surface area contributed by atoms with Gasteiger partial charge in [0.15, 0.2) is 11.6 Å². The first-order chi connectivity index (χ1) is 9.72. The van der Waals surface area contributed by atoms with Crippen LogP contribution in [0.1, 0.15) is 16.7 Å². The SMILES string of the molecule is Fc1ccc(CNCc2ccc3c(c2)CCO3)cc1F. The summed E-state index contributed by atoms with van der Waals surface area (Å²) in [6, 6.07) is 10.1. The van der Waals surface area contributed by atoms with Crippen LogP contribution in [-0.4, -0.2) is 6.61 Å². The first kappa shape index (κ1) is 13.1. The van der Waals surface area contributed by atoms with Gasteiger partial charge in [-0.15, -0.1) is 0 Å². The van der Waals surface area contributed by atoms with E-state index in [4.69, 9.17) is 4.74 Å². The van der Waals surface area contributed by atoms with Crippen LogP contribution in [0, 0.1) is 11.6 Å². The van der Waals surface area contributed by atoms with Crippen molar-refractivity contribution in [3.8, 4) is 5.75 Å². The molecular weight excluding hydrogens is 260 g/mol. The largest absolute Gasteiger partial charge is 0.493 e. The van der Waals surface area contributed by atoms with Crippen LogP contribution >= 0.6 is 0 Å². The van der Waals surface area contributed by atoms with Crippen LogP contribution in [0.5, 0.6) is 5.75 Å². The Morgan fingerprint density at radius 1 is 0.950 bits per heavy atom. The molecule has 0 aromatic heterocycles. The van der Waals surface area contributed by atoms with Gasteiger partial charge in [-0.2, -0.15) is 0 Å². The smallest absolute Gasteiger partial charge is 0.159 e. The summed E-state index contributed by atoms with van der Waals surface area (Å²) in [5.41, 5.74) is 3.13. The number of hydrogen-bond acceptors (Lipinski definition) is 2. The Balaban J connectivity index is 1.58. The summed E-state index contributed by atoms with van der Waals surface area (Å²) in [5, 5.41) is 3.23. The molecule has 0 fully saturated rings. The Kier molecular flexibility index (Phi) is 3.65. The van der Waals surface area contributed by atoms with Crippen molar-refractivity contribution in [2.45, 2.75) is 19.5 Å². The van der Waals surface area contributed by atoms with Crippen LogP contribution in [0.25, 0.3) is 0 Å². The molecule has 1 aliphatic rings. The third-order valence-electron chi connectivity index (χ3n) is 3.40. The number of rotatable bonds is 4. The Labute approximate surface area is 116 Å². The van der Waals surface area contributed by atoms with Crippen LogP contribution < -0.4 is 10.1 Å². The highest BCUT2D eigenvalue weighted by Crippen LogP contribution is 2.25. The highest BCUT2D eigenvalue weighted by atomic mass is 19.2. The van der Waals surface area contributed by atoms with E-state index in [-0.39, 0.29) is 0 Å². The van der Waals surface area contributed by atoms with E-state index in [2.05, 4.69) is 11.4 Å². The van der Waals surface area contributed by atoms with E-state index in [1.54, 1.807) is 6.07 Å². The van der Waals surface area contributed by atoms with Crippen molar-refractivity contribution in [2.75, 3.05) is 6.61 Å². The van der Waals surface area contributed by atoms with Crippen molar-refractivity contribution < 1.29 is 13.5 Å². The molecule has 2 aromatic carbocycles. The number of ether oxygens (including phenoxy) is 1. The summed E-state index contributed by atoms with van der Waals surface area (Å²) in [5.74, 6) is -0.652. The molecule has 0 aliphatic carbocycles. The average molecular weight is 275 g/mol. The molecule has 1 N–H and O–H groups in total. The maximum absolute atomic E-state index is 13.1. The summed E-state index contributed by atoms with van der Waals surface area (Å²) in [7, 11) is 0. The Bertz CT molecular complexity index is 628. The van der Waals surface area contributed by atoms with E-state index in [1.807, 2.05) is 12.1 Å². The molecule has 4 heteroatoms. The van der Waals surface area contributed by atoms with Gasteiger partial charge in [-0.3, -0.25) is 0 Å². The molecule has 2 aromatic rings. The summed E-state index contributed by atoms with van der Waals surface area (Å²) in [6.45, 7) is 1.94. The molecule has 0 radical (unpaired) electrons. The zero-order valence-electron chi connectivity index (χ0n) is 11.0. The van der Waals surface area contributed by atoms with Crippen molar-refractivity contribution in [3.05, 3.63) is 64.7 Å². The van der Waals surface area contributed by atoms with Crippen molar-refractivity contribution in [2.24, 2.45) is 0 Å². The molecule has 3 rings (SSSR count). The van der Waals surface area contributed by atoms with Crippen molar-refractivity contribution in [3.63, 3.8) is 0 Å². The fourth-order valence-electron chi connectivity index (χ4n) is 2.35. The molecule has 2 nitrogen and oxygen atoms in total. The van der Waals surface area contributed by atoms with E-state index in [0.29, 0.717) is 13.1 Å². The van der Waals surface area contributed by atoms with Crippen molar-refractivity contribution in [1.29, 1.82) is 0 Å². The number of nitrogens with one attached hydrogen (secondary N) is 1. The lowest BCUT2D eigenvalue weighted by Gasteiger charge is -2.07. The summed E-state index contributed by atoms with van der Waals surface area (Å²) < 4.78 is 31.3. The fraction of sp³-hybridized carbons (Fsp3) is 0.250. The molecule has 20 heavy (non-hydrogen) atoms. The lowest BCUT2D eigenvalue weighted by atomic mass is 10.1. The van der Waals surface area contributed by atoms with Gasteiger partial charge in [-0.25, -0.2) is 8.78 Å². The molecule has 1 aliphatic heterocycles. The second kappa shape index (κ2) is 5.59. The lowest BCUT2D eigenvalue weighted by Crippen LogP contribution is -2.13. The molecule has 0 spiro atoms. The Hall–Kier alpha value is -1.94. The highest BCUT2D eigenvalue weighted by Gasteiger charge is 2.11. The quantitative estimate of drug-likeness (QED) is 0.925. The van der Waals surface area contributed by atoms with Gasteiger partial charge in [-0.05, 0) is 34.9 Å². The number of hydrogen-bond donors (Lipinski definition) is 1. The third kappa shape index (κ3) is 2.80. The Morgan fingerprint density at radius 2 is 1.70 bits per heavy atom. The van der Waals surface area contributed by atoms with Crippen LogP contribution in [0.4, 0.5) is 8.78 Å². The van der Waals surface area contributed by atoms with Gasteiger partial charge in [0.1, 0.15) is 5.75 Å². The molecule has 1 heterocycles. The summed E-state index contributed by atoms with van der Waals surface area (Å²) >= 11 is 0. The first-order valence-electron chi connectivity index (χ1n) is 6.61. The predicted octanol–water partition coefficient (Wildman–Crippen LogP) is 3.19. The molecule has 0 atom stereocenters. The van der Waals surface area contributed by atoms with E-state index in [0.717, 1.165) is 36.0 Å². The third-order valence-corrected chi connectivity index (χ3v) is 3.40. The minimum Gasteiger partial charge on any atom is -0.493 e.